The zero-order chi connectivity index (χ0) is 17.4. The van der Waals surface area contributed by atoms with Crippen molar-refractivity contribution in [2.45, 2.75) is 78.2 Å². The van der Waals surface area contributed by atoms with Gasteiger partial charge in [0.1, 0.15) is 12.4 Å². The molecule has 24 heavy (non-hydrogen) atoms. The van der Waals surface area contributed by atoms with Crippen molar-refractivity contribution in [3.05, 3.63) is 0 Å². The van der Waals surface area contributed by atoms with Gasteiger partial charge in [-0.3, -0.25) is 4.79 Å². The summed E-state index contributed by atoms with van der Waals surface area (Å²) in [7, 11) is 0. The second kappa shape index (κ2) is 6.60. The van der Waals surface area contributed by atoms with Crippen LogP contribution < -0.4 is 0 Å². The van der Waals surface area contributed by atoms with E-state index in [0.29, 0.717) is 31.7 Å². The smallest absolute Gasteiger partial charge is 0.306 e. The molecule has 4 nitrogen and oxygen atoms in total. The molecule has 2 atom stereocenters. The predicted octanol–water partition coefficient (Wildman–Crippen LogP) is 4.32. The number of esters is 1. The summed E-state index contributed by atoms with van der Waals surface area (Å²) in [6.45, 7) is 10.2. The van der Waals surface area contributed by atoms with E-state index in [2.05, 4.69) is 20.8 Å². The van der Waals surface area contributed by atoms with Crippen LogP contribution in [0.5, 0.6) is 0 Å². The predicted molar refractivity (Wildman–Crippen MR) is 92.5 cm³/mol. The highest BCUT2D eigenvalue weighted by atomic mass is 16.7. The molecule has 4 bridgehead atoms. The summed E-state index contributed by atoms with van der Waals surface area (Å²) in [6.07, 6.45) is 7.37. The van der Waals surface area contributed by atoms with Crippen molar-refractivity contribution in [3.8, 4) is 0 Å². The highest BCUT2D eigenvalue weighted by Gasteiger charge is 2.59. The molecule has 0 N–H and O–H groups in total. The van der Waals surface area contributed by atoms with E-state index in [0.717, 1.165) is 25.9 Å². The number of hydrogen-bond donors (Lipinski definition) is 0. The van der Waals surface area contributed by atoms with Crippen molar-refractivity contribution in [1.29, 1.82) is 0 Å². The molecule has 4 aliphatic rings. The van der Waals surface area contributed by atoms with Crippen LogP contribution in [-0.2, 0) is 19.0 Å². The van der Waals surface area contributed by atoms with E-state index in [1.54, 1.807) is 0 Å². The summed E-state index contributed by atoms with van der Waals surface area (Å²) in [6, 6.07) is 0. The molecular weight excluding hydrogens is 304 g/mol. The Morgan fingerprint density at radius 1 is 1.08 bits per heavy atom. The van der Waals surface area contributed by atoms with E-state index < -0.39 is 0 Å². The molecule has 0 heterocycles. The van der Waals surface area contributed by atoms with Crippen LogP contribution in [0.15, 0.2) is 0 Å². The normalized spacial score (nSPS) is 37.7. The van der Waals surface area contributed by atoms with Crippen molar-refractivity contribution >= 4 is 5.97 Å². The van der Waals surface area contributed by atoms with Gasteiger partial charge in [-0.15, -0.1) is 0 Å². The molecule has 0 aliphatic heterocycles. The summed E-state index contributed by atoms with van der Waals surface area (Å²) in [5, 5.41) is 0. The Bertz CT molecular complexity index is 451. The first-order valence-corrected chi connectivity index (χ1v) is 9.61. The van der Waals surface area contributed by atoms with Crippen molar-refractivity contribution in [1.82, 2.24) is 0 Å². The Morgan fingerprint density at radius 2 is 1.75 bits per heavy atom. The van der Waals surface area contributed by atoms with Gasteiger partial charge in [0.25, 0.3) is 0 Å². The largest absolute Gasteiger partial charge is 0.459 e. The lowest BCUT2D eigenvalue weighted by molar-refractivity contribution is -0.215. The summed E-state index contributed by atoms with van der Waals surface area (Å²) >= 11 is 0. The van der Waals surface area contributed by atoms with E-state index in [9.17, 15) is 4.79 Å². The number of carbonyl (C=O) groups is 1. The topological polar surface area (TPSA) is 44.8 Å². The standard InChI is InChI=1S/C20H34O4/c1-5-17(21)24-20-9-15-6-16(10-20)8-19(7-15,11-20)13-23-14-22-12-18(2,3)4/h15-16H,5-14H2,1-4H3. The molecular formula is C20H34O4. The van der Waals surface area contributed by atoms with Crippen LogP contribution in [0.4, 0.5) is 0 Å². The molecule has 138 valence electrons. The fraction of sp³-hybridized carbons (Fsp3) is 0.950. The first-order chi connectivity index (χ1) is 11.2. The second-order valence-corrected chi connectivity index (χ2v) is 9.85. The van der Waals surface area contributed by atoms with Gasteiger partial charge in [0, 0.05) is 6.42 Å². The molecule has 0 aromatic rings. The molecule has 0 spiro atoms. The average Bonchev–Trinajstić information content (AvgIpc) is 2.43. The second-order valence-electron chi connectivity index (χ2n) is 9.85. The van der Waals surface area contributed by atoms with Crippen LogP contribution in [-0.4, -0.2) is 31.6 Å². The van der Waals surface area contributed by atoms with Crippen molar-refractivity contribution in [2.24, 2.45) is 22.7 Å². The summed E-state index contributed by atoms with van der Waals surface area (Å²) in [4.78, 5) is 11.9. The van der Waals surface area contributed by atoms with E-state index in [1.807, 2.05) is 6.92 Å². The highest BCUT2D eigenvalue weighted by Crippen LogP contribution is 2.62. The van der Waals surface area contributed by atoms with Crippen LogP contribution >= 0.6 is 0 Å². The van der Waals surface area contributed by atoms with E-state index in [-0.39, 0.29) is 22.4 Å². The first-order valence-electron chi connectivity index (χ1n) is 9.61. The number of carbonyl (C=O) groups excluding carboxylic acids is 1. The molecule has 4 aliphatic carbocycles. The third-order valence-electron chi connectivity index (χ3n) is 5.86. The monoisotopic (exact) mass is 338 g/mol. The fourth-order valence-corrected chi connectivity index (χ4v) is 5.63. The number of hydrogen-bond acceptors (Lipinski definition) is 4. The lowest BCUT2D eigenvalue weighted by atomic mass is 9.48. The third kappa shape index (κ3) is 4.13. The first kappa shape index (κ1) is 18.2. The van der Waals surface area contributed by atoms with E-state index in [4.69, 9.17) is 14.2 Å². The van der Waals surface area contributed by atoms with Crippen LogP contribution in [0.25, 0.3) is 0 Å². The van der Waals surface area contributed by atoms with Gasteiger partial charge in [-0.05, 0) is 61.2 Å². The fourth-order valence-electron chi connectivity index (χ4n) is 5.63. The van der Waals surface area contributed by atoms with Crippen molar-refractivity contribution in [3.63, 3.8) is 0 Å². The van der Waals surface area contributed by atoms with Gasteiger partial charge in [-0.25, -0.2) is 0 Å². The lowest BCUT2D eigenvalue weighted by Gasteiger charge is -2.61. The Morgan fingerprint density at radius 3 is 2.33 bits per heavy atom. The number of ether oxygens (including phenoxy) is 3. The summed E-state index contributed by atoms with van der Waals surface area (Å²) in [5.41, 5.74) is 0.165. The maximum atomic E-state index is 11.9. The summed E-state index contributed by atoms with van der Waals surface area (Å²) < 4.78 is 17.6. The van der Waals surface area contributed by atoms with Crippen LogP contribution in [0, 0.1) is 22.7 Å². The molecule has 0 aromatic heterocycles. The number of rotatable bonds is 7. The van der Waals surface area contributed by atoms with Gasteiger partial charge < -0.3 is 14.2 Å². The zero-order valence-electron chi connectivity index (χ0n) is 15.9. The molecule has 4 fully saturated rings. The van der Waals surface area contributed by atoms with Gasteiger partial charge >= 0.3 is 5.97 Å². The van der Waals surface area contributed by atoms with E-state index in [1.165, 1.54) is 19.3 Å². The van der Waals surface area contributed by atoms with Crippen molar-refractivity contribution in [2.75, 3.05) is 20.0 Å². The molecule has 4 heteroatoms. The molecule has 4 rings (SSSR count). The molecule has 2 unspecified atom stereocenters. The lowest BCUT2D eigenvalue weighted by Crippen LogP contribution is -2.58. The minimum absolute atomic E-state index is 0.0403. The minimum Gasteiger partial charge on any atom is -0.459 e. The average molecular weight is 338 g/mol. The zero-order valence-corrected chi connectivity index (χ0v) is 15.9. The van der Waals surface area contributed by atoms with Crippen LogP contribution in [0.1, 0.15) is 72.6 Å². The molecule has 0 saturated heterocycles. The Balaban J connectivity index is 1.56. The third-order valence-corrected chi connectivity index (χ3v) is 5.86. The van der Waals surface area contributed by atoms with Crippen LogP contribution in [0.3, 0.4) is 0 Å². The van der Waals surface area contributed by atoms with Crippen LogP contribution in [0.2, 0.25) is 0 Å². The van der Waals surface area contributed by atoms with E-state index >= 15 is 0 Å². The van der Waals surface area contributed by atoms with Crippen molar-refractivity contribution < 1.29 is 19.0 Å². The molecule has 0 aromatic carbocycles. The maximum Gasteiger partial charge on any atom is 0.306 e. The molecule has 0 amide bonds. The van der Waals surface area contributed by atoms with Gasteiger partial charge in [-0.1, -0.05) is 27.7 Å². The van der Waals surface area contributed by atoms with Gasteiger partial charge in [0.2, 0.25) is 0 Å². The minimum atomic E-state index is -0.202. The Labute approximate surface area is 146 Å². The van der Waals surface area contributed by atoms with Gasteiger partial charge in [-0.2, -0.15) is 0 Å². The van der Waals surface area contributed by atoms with Gasteiger partial charge in [0.15, 0.2) is 0 Å². The highest BCUT2D eigenvalue weighted by molar-refractivity contribution is 5.69. The maximum absolute atomic E-state index is 11.9. The Kier molecular flexibility index (Phi) is 5.00. The molecule has 4 saturated carbocycles. The Hall–Kier alpha value is -0.610. The SMILES string of the molecule is CCC(=O)OC12CC3CC(CC(COCOCC(C)(C)C)(C3)C1)C2. The summed E-state index contributed by atoms with van der Waals surface area (Å²) in [5.74, 6) is 1.37. The van der Waals surface area contributed by atoms with Gasteiger partial charge in [0.05, 0.1) is 13.2 Å². The quantitative estimate of drug-likeness (QED) is 0.394. The molecule has 0 radical (unpaired) electrons.